The van der Waals surface area contributed by atoms with Crippen molar-refractivity contribution < 1.29 is 9.50 Å². The third kappa shape index (κ3) is 2.70. The topological polar surface area (TPSA) is 44.0 Å². The number of hydrogen-bond donors (Lipinski definition) is 1. The summed E-state index contributed by atoms with van der Waals surface area (Å²) in [6, 6.07) is 8.70. The maximum atomic E-state index is 13.7. The number of hydrogen-bond acceptors (Lipinski definition) is 2. The zero-order valence-electron chi connectivity index (χ0n) is 10.4. The number of benzene rings is 1. The fourth-order valence-corrected chi connectivity index (χ4v) is 2.90. The highest BCUT2D eigenvalue weighted by Crippen LogP contribution is 2.38. The van der Waals surface area contributed by atoms with Crippen molar-refractivity contribution in [3.8, 4) is 6.07 Å². The van der Waals surface area contributed by atoms with Crippen molar-refractivity contribution >= 4 is 0 Å². The molecule has 0 amide bonds. The van der Waals surface area contributed by atoms with Crippen LogP contribution in [0, 0.1) is 23.1 Å². The minimum absolute atomic E-state index is 0.0316. The predicted molar refractivity (Wildman–Crippen MR) is 67.2 cm³/mol. The number of rotatable bonds is 3. The number of nitriles is 1. The molecule has 0 aromatic heterocycles. The van der Waals surface area contributed by atoms with Gasteiger partial charge in [-0.25, -0.2) is 4.39 Å². The Hall–Kier alpha value is -1.40. The third-order valence-corrected chi connectivity index (χ3v) is 3.96. The molecule has 3 heteroatoms. The second kappa shape index (κ2) is 5.49. The van der Waals surface area contributed by atoms with E-state index in [2.05, 4.69) is 6.07 Å². The molecule has 2 nitrogen and oxygen atoms in total. The fourth-order valence-electron chi connectivity index (χ4n) is 2.90. The first-order valence-electron chi connectivity index (χ1n) is 6.48. The summed E-state index contributed by atoms with van der Waals surface area (Å²) < 4.78 is 13.7. The largest absolute Gasteiger partial charge is 0.389 e. The first-order valence-corrected chi connectivity index (χ1v) is 6.48. The Kier molecular flexibility index (Phi) is 3.98. The molecule has 1 aliphatic carbocycles. The molecule has 0 saturated heterocycles. The van der Waals surface area contributed by atoms with E-state index in [9.17, 15) is 9.50 Å². The van der Waals surface area contributed by atoms with E-state index in [1.807, 2.05) is 0 Å². The van der Waals surface area contributed by atoms with Crippen LogP contribution in [0.3, 0.4) is 0 Å². The van der Waals surface area contributed by atoms with E-state index in [0.29, 0.717) is 24.8 Å². The van der Waals surface area contributed by atoms with Gasteiger partial charge in [0.1, 0.15) is 5.82 Å². The summed E-state index contributed by atoms with van der Waals surface area (Å²) in [6.45, 7) is 0. The summed E-state index contributed by atoms with van der Waals surface area (Å²) >= 11 is 0. The quantitative estimate of drug-likeness (QED) is 0.891. The van der Waals surface area contributed by atoms with Crippen molar-refractivity contribution in [3.05, 3.63) is 35.6 Å². The molecule has 0 aliphatic heterocycles. The monoisotopic (exact) mass is 247 g/mol. The SMILES string of the molecule is N#CC[C@@H]1CCCC[C@]1(O)Cc1ccccc1F. The van der Waals surface area contributed by atoms with Gasteiger partial charge in [-0.1, -0.05) is 31.0 Å². The van der Waals surface area contributed by atoms with Crippen LogP contribution in [0.2, 0.25) is 0 Å². The average Bonchev–Trinajstić information content (AvgIpc) is 2.36. The molecule has 1 aromatic carbocycles. The molecule has 1 fully saturated rings. The standard InChI is InChI=1S/C15H18FNO/c16-14-7-2-1-5-12(14)11-15(18)9-4-3-6-13(15)8-10-17/h1-2,5,7,13,18H,3-4,6,8-9,11H2/t13-,15-/m0/s1. The Morgan fingerprint density at radius 2 is 2.17 bits per heavy atom. The maximum Gasteiger partial charge on any atom is 0.126 e. The molecule has 0 bridgehead atoms. The summed E-state index contributed by atoms with van der Waals surface area (Å²) in [5.74, 6) is -0.303. The van der Waals surface area contributed by atoms with E-state index in [4.69, 9.17) is 5.26 Å². The van der Waals surface area contributed by atoms with E-state index in [0.717, 1.165) is 19.3 Å². The number of halogens is 1. The minimum Gasteiger partial charge on any atom is -0.389 e. The summed E-state index contributed by atoms with van der Waals surface area (Å²) in [4.78, 5) is 0. The first kappa shape index (κ1) is 13.0. The molecule has 1 saturated carbocycles. The highest BCUT2D eigenvalue weighted by Gasteiger charge is 2.39. The summed E-state index contributed by atoms with van der Waals surface area (Å²) in [6.07, 6.45) is 4.18. The van der Waals surface area contributed by atoms with Crippen LogP contribution < -0.4 is 0 Å². The van der Waals surface area contributed by atoms with Crippen LogP contribution in [-0.2, 0) is 6.42 Å². The van der Waals surface area contributed by atoms with Gasteiger partial charge >= 0.3 is 0 Å². The van der Waals surface area contributed by atoms with Gasteiger partial charge in [-0.05, 0) is 24.5 Å². The molecular weight excluding hydrogens is 229 g/mol. The molecule has 0 heterocycles. The van der Waals surface area contributed by atoms with Gasteiger partial charge in [-0.2, -0.15) is 5.26 Å². The van der Waals surface area contributed by atoms with Gasteiger partial charge in [-0.3, -0.25) is 0 Å². The molecule has 2 atom stereocenters. The van der Waals surface area contributed by atoms with Crippen LogP contribution in [0.1, 0.15) is 37.7 Å². The molecule has 0 unspecified atom stereocenters. The smallest absolute Gasteiger partial charge is 0.126 e. The Balaban J connectivity index is 2.19. The van der Waals surface area contributed by atoms with Crippen LogP contribution in [0.4, 0.5) is 4.39 Å². The Morgan fingerprint density at radius 1 is 1.39 bits per heavy atom. The number of aliphatic hydroxyl groups is 1. The predicted octanol–water partition coefficient (Wildman–Crippen LogP) is 3.20. The third-order valence-electron chi connectivity index (χ3n) is 3.96. The highest BCUT2D eigenvalue weighted by atomic mass is 19.1. The van der Waals surface area contributed by atoms with Crippen molar-refractivity contribution in [2.24, 2.45) is 5.92 Å². The van der Waals surface area contributed by atoms with E-state index < -0.39 is 5.60 Å². The van der Waals surface area contributed by atoms with Crippen LogP contribution in [0.5, 0.6) is 0 Å². The van der Waals surface area contributed by atoms with E-state index in [1.54, 1.807) is 18.2 Å². The molecule has 96 valence electrons. The van der Waals surface area contributed by atoms with Crippen molar-refractivity contribution in [2.45, 2.75) is 44.1 Å². The molecular formula is C15H18FNO. The lowest BCUT2D eigenvalue weighted by Gasteiger charge is -2.39. The molecule has 1 aliphatic rings. The van der Waals surface area contributed by atoms with Gasteiger partial charge < -0.3 is 5.11 Å². The fraction of sp³-hybridized carbons (Fsp3) is 0.533. The van der Waals surface area contributed by atoms with Crippen molar-refractivity contribution in [1.29, 1.82) is 5.26 Å². The second-order valence-electron chi connectivity index (χ2n) is 5.18. The summed E-state index contributed by atoms with van der Waals surface area (Å²) in [5.41, 5.74) is -0.374. The Morgan fingerprint density at radius 3 is 2.89 bits per heavy atom. The lowest BCUT2D eigenvalue weighted by molar-refractivity contribution is -0.0465. The molecule has 0 spiro atoms. The van der Waals surface area contributed by atoms with Crippen LogP contribution in [0.15, 0.2) is 24.3 Å². The van der Waals surface area contributed by atoms with Crippen LogP contribution in [-0.4, -0.2) is 10.7 Å². The lowest BCUT2D eigenvalue weighted by Crippen LogP contribution is -2.42. The van der Waals surface area contributed by atoms with Gasteiger partial charge in [0, 0.05) is 18.8 Å². The Labute approximate surface area is 107 Å². The minimum atomic E-state index is -0.920. The maximum absolute atomic E-state index is 13.7. The molecule has 1 N–H and O–H groups in total. The van der Waals surface area contributed by atoms with Gasteiger partial charge in [0.15, 0.2) is 0 Å². The normalized spacial score (nSPS) is 27.7. The van der Waals surface area contributed by atoms with E-state index in [1.165, 1.54) is 6.07 Å². The molecule has 18 heavy (non-hydrogen) atoms. The van der Waals surface area contributed by atoms with Crippen LogP contribution >= 0.6 is 0 Å². The zero-order chi connectivity index (χ0) is 13.0. The van der Waals surface area contributed by atoms with E-state index in [-0.39, 0.29) is 11.7 Å². The molecule has 1 aromatic rings. The van der Waals surface area contributed by atoms with Crippen molar-refractivity contribution in [2.75, 3.05) is 0 Å². The van der Waals surface area contributed by atoms with Gasteiger partial charge in [0.2, 0.25) is 0 Å². The van der Waals surface area contributed by atoms with Gasteiger partial charge in [0.05, 0.1) is 11.7 Å². The highest BCUT2D eigenvalue weighted by molar-refractivity contribution is 5.20. The van der Waals surface area contributed by atoms with Gasteiger partial charge in [-0.15, -0.1) is 0 Å². The molecule has 2 rings (SSSR count). The summed E-state index contributed by atoms with van der Waals surface area (Å²) in [5, 5.41) is 19.6. The zero-order valence-corrected chi connectivity index (χ0v) is 10.4. The van der Waals surface area contributed by atoms with Crippen molar-refractivity contribution in [3.63, 3.8) is 0 Å². The summed E-state index contributed by atoms with van der Waals surface area (Å²) in [7, 11) is 0. The van der Waals surface area contributed by atoms with Crippen LogP contribution in [0.25, 0.3) is 0 Å². The average molecular weight is 247 g/mol. The Bertz CT molecular complexity index is 454. The first-order chi connectivity index (χ1) is 8.65. The van der Waals surface area contributed by atoms with Gasteiger partial charge in [0.25, 0.3) is 0 Å². The van der Waals surface area contributed by atoms with E-state index >= 15 is 0 Å². The number of nitrogens with zero attached hydrogens (tertiary/aromatic N) is 1. The second-order valence-corrected chi connectivity index (χ2v) is 5.18. The molecule has 0 radical (unpaired) electrons. The van der Waals surface area contributed by atoms with Crippen molar-refractivity contribution in [1.82, 2.24) is 0 Å². The lowest BCUT2D eigenvalue weighted by atomic mass is 9.71.